The zero-order valence-corrected chi connectivity index (χ0v) is 22.9. The van der Waals surface area contributed by atoms with Crippen LogP contribution in [0.5, 0.6) is 5.75 Å². The molecular formula is C28H34N6O5. The summed E-state index contributed by atoms with van der Waals surface area (Å²) < 4.78 is 20.4. The number of hydrogen-bond acceptors (Lipinski definition) is 8. The normalized spacial score (nSPS) is 11.2. The van der Waals surface area contributed by atoms with E-state index in [0.29, 0.717) is 49.1 Å². The van der Waals surface area contributed by atoms with E-state index >= 15 is 0 Å². The second-order valence-corrected chi connectivity index (χ2v) is 9.05. The van der Waals surface area contributed by atoms with Gasteiger partial charge in [0.1, 0.15) is 11.6 Å². The first-order valence-corrected chi connectivity index (χ1v) is 12.8. The standard InChI is InChI=1S/C28H34N6O5/c1-6-38-28(39-7-2)18-33-27(30-24-13-26(34(35)36)20(4)12-19(24)3)14-25(31-33)22-15-29-32(17-22)16-21-8-10-23(37-5)11-9-21/h8-15,17,28,30H,6-7,16,18H2,1-5H3. The fourth-order valence-corrected chi connectivity index (χ4v) is 4.27. The lowest BCUT2D eigenvalue weighted by molar-refractivity contribution is -0.385. The molecule has 0 aliphatic rings. The highest BCUT2D eigenvalue weighted by molar-refractivity contribution is 5.69. The van der Waals surface area contributed by atoms with Crippen molar-refractivity contribution in [3.8, 4) is 17.0 Å². The third-order valence-electron chi connectivity index (χ3n) is 6.24. The van der Waals surface area contributed by atoms with E-state index in [9.17, 15) is 10.1 Å². The molecule has 0 aliphatic carbocycles. The van der Waals surface area contributed by atoms with Crippen molar-refractivity contribution in [1.29, 1.82) is 0 Å². The monoisotopic (exact) mass is 534 g/mol. The number of nitro benzene ring substituents is 1. The van der Waals surface area contributed by atoms with E-state index in [2.05, 4.69) is 10.4 Å². The Balaban J connectivity index is 1.65. The van der Waals surface area contributed by atoms with E-state index in [1.807, 2.05) is 62.0 Å². The van der Waals surface area contributed by atoms with E-state index in [-0.39, 0.29) is 10.6 Å². The number of rotatable bonds is 13. The predicted octanol–water partition coefficient (Wildman–Crippen LogP) is 5.47. The molecule has 0 saturated heterocycles. The first-order chi connectivity index (χ1) is 18.8. The quantitative estimate of drug-likeness (QED) is 0.136. The van der Waals surface area contributed by atoms with Crippen LogP contribution in [0.1, 0.15) is 30.5 Å². The molecule has 4 aromatic rings. The Hall–Kier alpha value is -4.22. The number of methoxy groups -OCH3 is 1. The molecule has 0 unspecified atom stereocenters. The molecule has 0 atom stereocenters. The van der Waals surface area contributed by atoms with Crippen molar-refractivity contribution in [3.05, 3.63) is 81.7 Å². The number of anilines is 2. The van der Waals surface area contributed by atoms with Gasteiger partial charge in [0, 0.05) is 48.4 Å². The van der Waals surface area contributed by atoms with Crippen LogP contribution in [0.15, 0.2) is 54.9 Å². The van der Waals surface area contributed by atoms with E-state index in [1.165, 1.54) is 0 Å². The zero-order valence-electron chi connectivity index (χ0n) is 22.9. The highest BCUT2D eigenvalue weighted by Crippen LogP contribution is 2.31. The van der Waals surface area contributed by atoms with Crippen LogP contribution in [-0.4, -0.2) is 51.1 Å². The molecule has 1 N–H and O–H groups in total. The van der Waals surface area contributed by atoms with Crippen molar-refractivity contribution >= 4 is 17.2 Å². The molecule has 0 spiro atoms. The van der Waals surface area contributed by atoms with Crippen LogP contribution in [0, 0.1) is 24.0 Å². The van der Waals surface area contributed by atoms with Crippen LogP contribution in [0.3, 0.4) is 0 Å². The maximum absolute atomic E-state index is 11.6. The summed E-state index contributed by atoms with van der Waals surface area (Å²) in [6, 6.07) is 13.1. The van der Waals surface area contributed by atoms with Crippen LogP contribution >= 0.6 is 0 Å². The van der Waals surface area contributed by atoms with Crippen LogP contribution in [0.25, 0.3) is 11.3 Å². The summed E-state index contributed by atoms with van der Waals surface area (Å²) in [6.07, 6.45) is 3.20. The van der Waals surface area contributed by atoms with Crippen LogP contribution in [0.2, 0.25) is 0 Å². The molecule has 0 amide bonds. The van der Waals surface area contributed by atoms with Crippen molar-refractivity contribution in [2.45, 2.75) is 47.1 Å². The minimum atomic E-state index is -0.500. The third kappa shape index (κ3) is 6.81. The molecule has 0 aliphatic heterocycles. The number of nitrogens with one attached hydrogen (secondary N) is 1. The largest absolute Gasteiger partial charge is 0.497 e. The Bertz CT molecular complexity index is 1410. The number of nitro groups is 1. The molecule has 0 radical (unpaired) electrons. The van der Waals surface area contributed by atoms with E-state index < -0.39 is 6.29 Å². The molecule has 0 fully saturated rings. The van der Waals surface area contributed by atoms with E-state index in [1.54, 1.807) is 37.0 Å². The van der Waals surface area contributed by atoms with Crippen LogP contribution in [0.4, 0.5) is 17.2 Å². The van der Waals surface area contributed by atoms with Gasteiger partial charge in [-0.25, -0.2) is 4.68 Å². The smallest absolute Gasteiger partial charge is 0.274 e. The SMILES string of the molecule is CCOC(Cn1nc(-c2cnn(Cc3ccc(OC)cc3)c2)cc1Nc1cc([N+](=O)[O-])c(C)cc1C)OCC. The Morgan fingerprint density at radius 1 is 1.05 bits per heavy atom. The molecule has 2 heterocycles. The van der Waals surface area contributed by atoms with Gasteiger partial charge in [-0.2, -0.15) is 10.2 Å². The summed E-state index contributed by atoms with van der Waals surface area (Å²) in [4.78, 5) is 11.2. The first kappa shape index (κ1) is 27.8. The van der Waals surface area contributed by atoms with E-state index in [4.69, 9.17) is 19.3 Å². The molecule has 11 heteroatoms. The highest BCUT2D eigenvalue weighted by atomic mass is 16.7. The lowest BCUT2D eigenvalue weighted by Gasteiger charge is -2.19. The molecule has 0 bridgehead atoms. The molecule has 0 saturated carbocycles. The highest BCUT2D eigenvalue weighted by Gasteiger charge is 2.19. The van der Waals surface area contributed by atoms with Gasteiger partial charge in [-0.15, -0.1) is 0 Å². The third-order valence-corrected chi connectivity index (χ3v) is 6.24. The minimum absolute atomic E-state index is 0.0516. The minimum Gasteiger partial charge on any atom is -0.497 e. The summed E-state index contributed by atoms with van der Waals surface area (Å²) in [5, 5.41) is 24.2. The van der Waals surface area contributed by atoms with Gasteiger partial charge in [-0.05, 0) is 57.0 Å². The maximum Gasteiger partial charge on any atom is 0.274 e. The fourth-order valence-electron chi connectivity index (χ4n) is 4.27. The Morgan fingerprint density at radius 2 is 1.77 bits per heavy atom. The second-order valence-electron chi connectivity index (χ2n) is 9.05. The number of nitrogens with zero attached hydrogens (tertiary/aromatic N) is 5. The zero-order chi connectivity index (χ0) is 27.9. The van der Waals surface area contributed by atoms with Crippen molar-refractivity contribution in [1.82, 2.24) is 19.6 Å². The molecule has 4 rings (SSSR count). The molecule has 11 nitrogen and oxygen atoms in total. The summed E-state index contributed by atoms with van der Waals surface area (Å²) in [5.74, 6) is 1.45. The van der Waals surface area contributed by atoms with Gasteiger partial charge in [0.05, 0.1) is 37.0 Å². The van der Waals surface area contributed by atoms with Gasteiger partial charge >= 0.3 is 0 Å². The lowest BCUT2D eigenvalue weighted by Crippen LogP contribution is -2.25. The average Bonchev–Trinajstić information content (AvgIpc) is 3.53. The molecule has 39 heavy (non-hydrogen) atoms. The molecular weight excluding hydrogens is 500 g/mol. The summed E-state index contributed by atoms with van der Waals surface area (Å²) >= 11 is 0. The van der Waals surface area contributed by atoms with Crippen molar-refractivity contribution in [2.75, 3.05) is 25.6 Å². The van der Waals surface area contributed by atoms with Gasteiger partial charge in [0.15, 0.2) is 6.29 Å². The number of benzene rings is 2. The van der Waals surface area contributed by atoms with Crippen LogP contribution < -0.4 is 10.1 Å². The Morgan fingerprint density at radius 3 is 2.41 bits per heavy atom. The van der Waals surface area contributed by atoms with Gasteiger partial charge in [0.25, 0.3) is 5.69 Å². The number of hydrogen-bond donors (Lipinski definition) is 1. The molecule has 2 aromatic heterocycles. The Labute approximate surface area is 227 Å². The van der Waals surface area contributed by atoms with Crippen molar-refractivity contribution < 1.29 is 19.1 Å². The van der Waals surface area contributed by atoms with Gasteiger partial charge in [-0.3, -0.25) is 14.8 Å². The molecule has 2 aromatic carbocycles. The predicted molar refractivity (Wildman–Crippen MR) is 148 cm³/mol. The number of ether oxygens (including phenoxy) is 3. The van der Waals surface area contributed by atoms with Crippen molar-refractivity contribution in [2.24, 2.45) is 0 Å². The van der Waals surface area contributed by atoms with Gasteiger partial charge in [0.2, 0.25) is 0 Å². The van der Waals surface area contributed by atoms with Crippen molar-refractivity contribution in [3.63, 3.8) is 0 Å². The first-order valence-electron chi connectivity index (χ1n) is 12.8. The summed E-state index contributed by atoms with van der Waals surface area (Å²) in [6.45, 7) is 9.36. The van der Waals surface area contributed by atoms with Gasteiger partial charge in [-0.1, -0.05) is 12.1 Å². The summed E-state index contributed by atoms with van der Waals surface area (Å²) in [5.41, 5.74) is 4.78. The maximum atomic E-state index is 11.6. The fraction of sp³-hybridized carbons (Fsp3) is 0.357. The molecule has 206 valence electrons. The number of aryl methyl sites for hydroxylation is 2. The van der Waals surface area contributed by atoms with E-state index in [0.717, 1.165) is 22.4 Å². The second kappa shape index (κ2) is 12.5. The summed E-state index contributed by atoms with van der Waals surface area (Å²) in [7, 11) is 1.64. The van der Waals surface area contributed by atoms with Gasteiger partial charge < -0.3 is 19.5 Å². The number of aromatic nitrogens is 4. The van der Waals surface area contributed by atoms with Crippen LogP contribution in [-0.2, 0) is 22.6 Å². The Kier molecular flexibility index (Phi) is 8.95. The topological polar surface area (TPSA) is 119 Å². The lowest BCUT2D eigenvalue weighted by atomic mass is 10.1. The average molecular weight is 535 g/mol.